The van der Waals surface area contributed by atoms with E-state index in [1.165, 1.54) is 11.8 Å². The molecule has 3 rings (SSSR count). The van der Waals surface area contributed by atoms with E-state index in [0.29, 0.717) is 38.3 Å². The van der Waals surface area contributed by atoms with E-state index in [4.69, 9.17) is 11.6 Å². The van der Waals surface area contributed by atoms with Gasteiger partial charge in [-0.05, 0) is 30.7 Å². The number of nitrogens with one attached hydrogen (secondary N) is 2. The van der Waals surface area contributed by atoms with Gasteiger partial charge >= 0.3 is 0 Å². The van der Waals surface area contributed by atoms with E-state index in [1.807, 2.05) is 55.5 Å². The number of dihydropyridines is 1. The number of thioether (sulfide) groups is 1. The zero-order chi connectivity index (χ0) is 20.8. The lowest BCUT2D eigenvalue weighted by Crippen LogP contribution is -2.30. The lowest BCUT2D eigenvalue weighted by Gasteiger charge is -2.30. The van der Waals surface area contributed by atoms with Crippen LogP contribution < -0.4 is 10.6 Å². The maximum Gasteiger partial charge on any atom is 0.254 e. The van der Waals surface area contributed by atoms with E-state index < -0.39 is 5.92 Å². The topological polar surface area (TPSA) is 64.9 Å². The maximum atomic E-state index is 13.2. The first-order chi connectivity index (χ1) is 14.1. The molecule has 0 saturated heterocycles. The largest absolute Gasteiger partial charge is 0.353 e. The van der Waals surface area contributed by atoms with Crippen LogP contribution in [-0.4, -0.2) is 11.7 Å². The van der Waals surface area contributed by atoms with Crippen molar-refractivity contribution >= 4 is 35.0 Å². The van der Waals surface area contributed by atoms with Crippen LogP contribution in [0.15, 0.2) is 89.1 Å². The minimum Gasteiger partial charge on any atom is -0.353 e. The monoisotopic (exact) mass is 421 g/mol. The lowest BCUT2D eigenvalue weighted by molar-refractivity contribution is -0.113. The highest BCUT2D eigenvalue weighted by atomic mass is 35.5. The molecule has 1 amide bonds. The minimum absolute atomic E-state index is 0.272. The summed E-state index contributed by atoms with van der Waals surface area (Å²) in [5.41, 5.74) is 3.04. The summed E-state index contributed by atoms with van der Waals surface area (Å²) in [5, 5.41) is 17.4. The number of rotatable bonds is 6. The molecule has 1 atom stereocenters. The third kappa shape index (κ3) is 4.56. The van der Waals surface area contributed by atoms with Crippen LogP contribution in [0.3, 0.4) is 0 Å². The molecule has 1 aliphatic rings. The number of para-hydroxylation sites is 1. The summed E-state index contributed by atoms with van der Waals surface area (Å²) in [7, 11) is 0. The molecular formula is C23H20ClN3OS. The van der Waals surface area contributed by atoms with Crippen molar-refractivity contribution in [1.29, 1.82) is 5.26 Å². The van der Waals surface area contributed by atoms with Crippen LogP contribution in [0.5, 0.6) is 0 Å². The van der Waals surface area contributed by atoms with Crippen molar-refractivity contribution < 1.29 is 4.79 Å². The third-order valence-corrected chi connectivity index (χ3v) is 5.84. The molecule has 1 heterocycles. The Hall–Kier alpha value is -2.94. The van der Waals surface area contributed by atoms with E-state index in [1.54, 1.807) is 12.1 Å². The summed E-state index contributed by atoms with van der Waals surface area (Å²) in [6.45, 7) is 5.58. The molecule has 2 aromatic carbocycles. The summed E-state index contributed by atoms with van der Waals surface area (Å²) < 4.78 is 0. The molecule has 1 aliphatic heterocycles. The van der Waals surface area contributed by atoms with Crippen molar-refractivity contribution in [3.63, 3.8) is 0 Å². The van der Waals surface area contributed by atoms with Crippen molar-refractivity contribution in [3.05, 3.63) is 99.7 Å². The molecule has 146 valence electrons. The molecule has 4 nitrogen and oxygen atoms in total. The molecule has 0 saturated carbocycles. The zero-order valence-corrected chi connectivity index (χ0v) is 17.5. The standard InChI is InChI=1S/C23H20ClN3OS/c1-3-13-29-23-18(14-25)21(17-11-7-8-12-19(17)24)20(15(2)26-23)22(28)27-16-9-5-4-6-10-16/h3-12,21,26H,1,13H2,2H3,(H,27,28). The summed E-state index contributed by atoms with van der Waals surface area (Å²) in [5.74, 6) is -0.195. The number of hydrogen-bond acceptors (Lipinski definition) is 4. The van der Waals surface area contributed by atoms with Crippen molar-refractivity contribution in [2.24, 2.45) is 0 Å². The quantitative estimate of drug-likeness (QED) is 0.596. The molecular weight excluding hydrogens is 402 g/mol. The lowest BCUT2D eigenvalue weighted by atomic mass is 9.82. The fourth-order valence-corrected chi connectivity index (χ4v) is 4.28. The van der Waals surface area contributed by atoms with Crippen LogP contribution in [0.4, 0.5) is 5.69 Å². The molecule has 0 bridgehead atoms. The van der Waals surface area contributed by atoms with Crippen molar-refractivity contribution in [1.82, 2.24) is 5.32 Å². The number of benzene rings is 2. The molecule has 0 aromatic heterocycles. The Morgan fingerprint density at radius 1 is 1.28 bits per heavy atom. The Labute approximate surface area is 180 Å². The van der Waals surface area contributed by atoms with Gasteiger partial charge < -0.3 is 10.6 Å². The molecule has 0 radical (unpaired) electrons. The Kier molecular flexibility index (Phi) is 6.82. The predicted molar refractivity (Wildman–Crippen MR) is 120 cm³/mol. The average Bonchev–Trinajstić information content (AvgIpc) is 2.72. The third-order valence-electron chi connectivity index (χ3n) is 4.49. The first-order valence-electron chi connectivity index (χ1n) is 9.03. The minimum atomic E-state index is -0.564. The van der Waals surface area contributed by atoms with Crippen molar-refractivity contribution in [2.45, 2.75) is 12.8 Å². The molecule has 29 heavy (non-hydrogen) atoms. The van der Waals surface area contributed by atoms with E-state index in [2.05, 4.69) is 23.3 Å². The van der Waals surface area contributed by atoms with E-state index in [9.17, 15) is 10.1 Å². The van der Waals surface area contributed by atoms with Crippen LogP contribution in [-0.2, 0) is 4.79 Å². The van der Waals surface area contributed by atoms with Crippen molar-refractivity contribution in [2.75, 3.05) is 11.1 Å². The van der Waals surface area contributed by atoms with Crippen LogP contribution in [0.2, 0.25) is 5.02 Å². The number of nitriles is 1. The van der Waals surface area contributed by atoms with Crippen LogP contribution >= 0.6 is 23.4 Å². The van der Waals surface area contributed by atoms with Gasteiger partial charge in [-0.1, -0.05) is 54.1 Å². The molecule has 0 spiro atoms. The highest BCUT2D eigenvalue weighted by Gasteiger charge is 2.35. The molecule has 2 N–H and O–H groups in total. The molecule has 2 aromatic rings. The second-order valence-electron chi connectivity index (χ2n) is 6.39. The first kappa shape index (κ1) is 20.8. The number of allylic oxidation sites excluding steroid dienone is 2. The van der Waals surface area contributed by atoms with E-state index in [-0.39, 0.29) is 5.91 Å². The number of amides is 1. The van der Waals surface area contributed by atoms with Gasteiger partial charge in [-0.3, -0.25) is 4.79 Å². The van der Waals surface area contributed by atoms with E-state index >= 15 is 0 Å². The Bertz CT molecular complexity index is 1040. The van der Waals surface area contributed by atoms with Gasteiger partial charge in [0.15, 0.2) is 0 Å². The normalized spacial score (nSPS) is 16.1. The number of nitrogens with zero attached hydrogens (tertiary/aromatic N) is 1. The highest BCUT2D eigenvalue weighted by molar-refractivity contribution is 8.03. The second-order valence-corrected chi connectivity index (χ2v) is 7.83. The Morgan fingerprint density at radius 2 is 1.97 bits per heavy atom. The van der Waals surface area contributed by atoms with Gasteiger partial charge in [0.05, 0.1) is 22.6 Å². The Balaban J connectivity index is 2.10. The summed E-state index contributed by atoms with van der Waals surface area (Å²) in [4.78, 5) is 13.2. The van der Waals surface area contributed by atoms with Gasteiger partial charge in [-0.25, -0.2) is 0 Å². The molecule has 1 unspecified atom stereocenters. The average molecular weight is 422 g/mol. The van der Waals surface area contributed by atoms with Crippen LogP contribution in [0.25, 0.3) is 0 Å². The first-order valence-corrected chi connectivity index (χ1v) is 10.4. The van der Waals surface area contributed by atoms with Gasteiger partial charge in [0.2, 0.25) is 0 Å². The summed E-state index contributed by atoms with van der Waals surface area (Å²) in [6, 6.07) is 18.8. The number of carbonyl (C=O) groups excluding carboxylic acids is 1. The fraction of sp³-hybridized carbons (Fsp3) is 0.130. The van der Waals surface area contributed by atoms with Crippen molar-refractivity contribution in [3.8, 4) is 6.07 Å². The number of hydrogen-bond donors (Lipinski definition) is 2. The van der Waals surface area contributed by atoms with Gasteiger partial charge in [-0.2, -0.15) is 5.26 Å². The van der Waals surface area contributed by atoms with Gasteiger partial charge in [-0.15, -0.1) is 18.3 Å². The van der Waals surface area contributed by atoms with Crippen LogP contribution in [0, 0.1) is 11.3 Å². The smallest absolute Gasteiger partial charge is 0.254 e. The predicted octanol–water partition coefficient (Wildman–Crippen LogP) is 5.59. The SMILES string of the molecule is C=CCSC1=C(C#N)C(c2ccccc2Cl)C(C(=O)Nc2ccccc2)=C(C)N1. The van der Waals surface area contributed by atoms with Gasteiger partial charge in [0.1, 0.15) is 0 Å². The summed E-state index contributed by atoms with van der Waals surface area (Å²) in [6.07, 6.45) is 1.77. The van der Waals surface area contributed by atoms with E-state index in [0.717, 1.165) is 5.56 Å². The zero-order valence-electron chi connectivity index (χ0n) is 15.9. The maximum absolute atomic E-state index is 13.2. The molecule has 0 fully saturated rings. The van der Waals surface area contributed by atoms with Gasteiger partial charge in [0, 0.05) is 27.7 Å². The number of carbonyl (C=O) groups is 1. The fourth-order valence-electron chi connectivity index (χ4n) is 3.21. The molecule has 0 aliphatic carbocycles. The Morgan fingerprint density at radius 3 is 2.62 bits per heavy atom. The van der Waals surface area contributed by atoms with Crippen LogP contribution in [0.1, 0.15) is 18.4 Å². The highest BCUT2D eigenvalue weighted by Crippen LogP contribution is 2.43. The number of halogens is 1. The number of anilines is 1. The summed E-state index contributed by atoms with van der Waals surface area (Å²) >= 11 is 7.95. The second kappa shape index (κ2) is 9.51. The van der Waals surface area contributed by atoms with Gasteiger partial charge in [0.25, 0.3) is 5.91 Å². The molecule has 6 heteroatoms.